The summed E-state index contributed by atoms with van der Waals surface area (Å²) in [6.07, 6.45) is 2.52. The Kier molecular flexibility index (Phi) is 6.44. The summed E-state index contributed by atoms with van der Waals surface area (Å²) >= 11 is 17.4. The molecule has 2 aliphatic heterocycles. The molecule has 208 valence electrons. The number of anilines is 1. The number of fused-ring (bicyclic) bond motifs is 4. The van der Waals surface area contributed by atoms with E-state index in [2.05, 4.69) is 15.9 Å². The molecule has 0 spiro atoms. The number of allylic oxidation sites excluding steroid dienone is 2. The number of imide groups is 2. The minimum absolute atomic E-state index is 0.0178. The first kappa shape index (κ1) is 27.4. The second-order valence-corrected chi connectivity index (χ2v) is 12.4. The average molecular weight is 650 g/mol. The highest BCUT2D eigenvalue weighted by Gasteiger charge is 2.76. The molecule has 0 radical (unpaired) electrons. The number of aromatic hydroxyl groups is 1. The van der Waals surface area contributed by atoms with Crippen molar-refractivity contribution in [1.82, 2.24) is 4.90 Å². The number of para-hydroxylation sites is 1. The maximum absolute atomic E-state index is 14.6. The van der Waals surface area contributed by atoms with E-state index < -0.39 is 62.7 Å². The van der Waals surface area contributed by atoms with Crippen LogP contribution in [0.1, 0.15) is 36.8 Å². The van der Waals surface area contributed by atoms with Gasteiger partial charge < -0.3 is 5.11 Å². The standard InChI is InChI=1S/C29H24BrCl2FN2O5/c1-2-14-6-8-15(9-7-14)35-24(37)17-11-10-16-19(21(17)25(35)38)12-28(31)26(39)34(13-30)27(40)29(28,32)22(16)18-4-3-5-20(33)23(18)36/h3-10,17,19,21-22,36H,2,11-13H2,1H3/t17-,19+,21-,22+,28+,29-/m0/s1. The molecule has 1 saturated carbocycles. The maximum Gasteiger partial charge on any atom is 0.254 e. The van der Waals surface area contributed by atoms with Crippen molar-refractivity contribution in [2.24, 2.45) is 17.8 Å². The maximum atomic E-state index is 14.6. The summed E-state index contributed by atoms with van der Waals surface area (Å²) < 4.78 is 14.6. The first-order chi connectivity index (χ1) is 19.0. The topological polar surface area (TPSA) is 95.0 Å². The smallest absolute Gasteiger partial charge is 0.254 e. The van der Waals surface area contributed by atoms with E-state index >= 15 is 0 Å². The van der Waals surface area contributed by atoms with E-state index in [9.17, 15) is 28.7 Å². The van der Waals surface area contributed by atoms with Gasteiger partial charge in [-0.05, 0) is 48.9 Å². The molecule has 11 heteroatoms. The molecule has 3 fully saturated rings. The zero-order chi connectivity index (χ0) is 28.7. The van der Waals surface area contributed by atoms with E-state index in [1.54, 1.807) is 18.2 Å². The third-order valence-corrected chi connectivity index (χ3v) is 10.9. The summed E-state index contributed by atoms with van der Waals surface area (Å²) in [5, 5.41) is 10.8. The van der Waals surface area contributed by atoms with Gasteiger partial charge in [0.05, 0.1) is 23.0 Å². The van der Waals surface area contributed by atoms with Crippen molar-refractivity contribution in [1.29, 1.82) is 0 Å². The van der Waals surface area contributed by atoms with E-state index in [1.165, 1.54) is 17.0 Å². The molecule has 7 nitrogen and oxygen atoms in total. The van der Waals surface area contributed by atoms with Gasteiger partial charge in [-0.1, -0.05) is 58.8 Å². The van der Waals surface area contributed by atoms with Gasteiger partial charge in [0, 0.05) is 11.5 Å². The van der Waals surface area contributed by atoms with Gasteiger partial charge in [-0.2, -0.15) is 0 Å². The van der Waals surface area contributed by atoms with Gasteiger partial charge in [0.15, 0.2) is 21.3 Å². The summed E-state index contributed by atoms with van der Waals surface area (Å²) in [7, 11) is 0. The Labute approximate surface area is 248 Å². The van der Waals surface area contributed by atoms with Crippen molar-refractivity contribution in [3.63, 3.8) is 0 Å². The molecule has 2 saturated heterocycles. The van der Waals surface area contributed by atoms with Gasteiger partial charge in [0.1, 0.15) is 0 Å². The predicted octanol–water partition coefficient (Wildman–Crippen LogP) is 5.01. The third kappa shape index (κ3) is 3.40. The van der Waals surface area contributed by atoms with Crippen LogP contribution in [0.4, 0.5) is 10.1 Å². The second kappa shape index (κ2) is 9.39. The normalized spacial score (nSPS) is 33.2. The fourth-order valence-corrected chi connectivity index (χ4v) is 8.42. The van der Waals surface area contributed by atoms with Crippen LogP contribution in [0.25, 0.3) is 0 Å². The minimum Gasteiger partial charge on any atom is -0.505 e. The summed E-state index contributed by atoms with van der Waals surface area (Å²) in [5.74, 6) is -7.58. The lowest BCUT2D eigenvalue weighted by atomic mass is 9.56. The Hall–Kier alpha value is -2.75. The first-order valence-electron chi connectivity index (χ1n) is 13.0. The number of amides is 4. The molecule has 0 aromatic heterocycles. The zero-order valence-electron chi connectivity index (χ0n) is 21.2. The van der Waals surface area contributed by atoms with Crippen LogP contribution >= 0.6 is 39.1 Å². The SMILES string of the molecule is CCc1ccc(N2C(=O)[C@H]3[C@H](CC=C4[C@H]3C[C@@]3(Cl)C(=O)N(CBr)C(=O)[C@@]3(Cl)[C@H]4c3cccc(F)c3O)C2=O)cc1. The van der Waals surface area contributed by atoms with Crippen molar-refractivity contribution in [3.05, 3.63) is 71.1 Å². The fraction of sp³-hybridized carbons (Fsp3) is 0.379. The predicted molar refractivity (Wildman–Crippen MR) is 150 cm³/mol. The Balaban J connectivity index is 1.51. The van der Waals surface area contributed by atoms with Crippen LogP contribution in [0.2, 0.25) is 0 Å². The number of phenols is 1. The summed E-state index contributed by atoms with van der Waals surface area (Å²) in [5.41, 5.74) is 1.79. The summed E-state index contributed by atoms with van der Waals surface area (Å²) in [4.78, 5) is 52.9. The molecule has 2 aromatic rings. The lowest BCUT2D eigenvalue weighted by Crippen LogP contribution is -2.60. The molecule has 2 aromatic carbocycles. The number of carbonyl (C=O) groups excluding carboxylic acids is 4. The molecule has 1 N–H and O–H groups in total. The van der Waals surface area contributed by atoms with E-state index in [4.69, 9.17) is 23.2 Å². The molecule has 0 unspecified atom stereocenters. The van der Waals surface area contributed by atoms with Gasteiger partial charge in [0.25, 0.3) is 11.8 Å². The van der Waals surface area contributed by atoms with E-state index in [0.29, 0.717) is 11.3 Å². The Morgan fingerprint density at radius 1 is 1.02 bits per heavy atom. The van der Waals surface area contributed by atoms with Gasteiger partial charge in [-0.25, -0.2) is 4.39 Å². The number of carbonyl (C=O) groups is 4. The van der Waals surface area contributed by atoms with E-state index in [0.717, 1.165) is 23.0 Å². The van der Waals surface area contributed by atoms with Gasteiger partial charge in [0.2, 0.25) is 11.8 Å². The number of hydrogen-bond acceptors (Lipinski definition) is 5. The van der Waals surface area contributed by atoms with E-state index in [1.807, 2.05) is 19.1 Å². The highest BCUT2D eigenvalue weighted by Crippen LogP contribution is 2.66. The molecule has 4 amide bonds. The molecular weight excluding hydrogens is 626 g/mol. The van der Waals surface area contributed by atoms with Crippen molar-refractivity contribution in [2.45, 2.75) is 41.9 Å². The quantitative estimate of drug-likeness (QED) is 0.218. The minimum atomic E-state index is -2.11. The lowest BCUT2D eigenvalue weighted by molar-refractivity contribution is -0.138. The van der Waals surface area contributed by atoms with Crippen LogP contribution in [0.5, 0.6) is 5.75 Å². The average Bonchev–Trinajstić information content (AvgIpc) is 3.28. The van der Waals surface area contributed by atoms with Crippen molar-refractivity contribution >= 4 is 68.4 Å². The molecular formula is C29H24BrCl2FN2O5. The second-order valence-electron chi connectivity index (χ2n) is 10.7. The van der Waals surface area contributed by atoms with Crippen LogP contribution in [-0.2, 0) is 25.6 Å². The van der Waals surface area contributed by atoms with Crippen LogP contribution < -0.4 is 4.90 Å². The largest absolute Gasteiger partial charge is 0.505 e. The zero-order valence-corrected chi connectivity index (χ0v) is 24.3. The monoisotopic (exact) mass is 648 g/mol. The molecule has 6 atom stereocenters. The number of nitrogens with zero attached hydrogens (tertiary/aromatic N) is 2. The lowest BCUT2D eigenvalue weighted by Gasteiger charge is -2.50. The Morgan fingerprint density at radius 2 is 1.73 bits per heavy atom. The highest BCUT2D eigenvalue weighted by atomic mass is 79.9. The molecule has 40 heavy (non-hydrogen) atoms. The van der Waals surface area contributed by atoms with Crippen LogP contribution in [0.15, 0.2) is 54.1 Å². The van der Waals surface area contributed by atoms with Crippen LogP contribution in [-0.4, -0.2) is 48.8 Å². The van der Waals surface area contributed by atoms with Gasteiger partial charge in [-0.15, -0.1) is 23.2 Å². The first-order valence-corrected chi connectivity index (χ1v) is 14.8. The number of phenolic OH excluding ortho intramolecular Hbond substituents is 1. The van der Waals surface area contributed by atoms with Crippen LogP contribution in [0, 0.1) is 23.6 Å². The molecule has 4 aliphatic rings. The highest BCUT2D eigenvalue weighted by molar-refractivity contribution is 9.09. The number of aryl methyl sites for hydroxylation is 1. The van der Waals surface area contributed by atoms with Crippen LogP contribution in [0.3, 0.4) is 0 Å². The van der Waals surface area contributed by atoms with Crippen molar-refractivity contribution in [3.8, 4) is 5.75 Å². The molecule has 6 rings (SSSR count). The van der Waals surface area contributed by atoms with Gasteiger partial charge >= 0.3 is 0 Å². The summed E-state index contributed by atoms with van der Waals surface area (Å²) in [6.45, 7) is 2.00. The van der Waals surface area contributed by atoms with Gasteiger partial charge in [-0.3, -0.25) is 29.0 Å². The molecule has 2 aliphatic carbocycles. The Bertz CT molecular complexity index is 1520. The molecule has 2 heterocycles. The van der Waals surface area contributed by atoms with Crippen molar-refractivity contribution < 1.29 is 28.7 Å². The van der Waals surface area contributed by atoms with Crippen molar-refractivity contribution in [2.75, 3.05) is 10.4 Å². The third-order valence-electron chi connectivity index (χ3n) is 8.95. The number of halogens is 4. The number of benzene rings is 2. The summed E-state index contributed by atoms with van der Waals surface area (Å²) in [6, 6.07) is 11.0. The number of alkyl halides is 3. The van der Waals surface area contributed by atoms with E-state index in [-0.39, 0.29) is 29.8 Å². The Morgan fingerprint density at radius 3 is 2.38 bits per heavy atom. The number of rotatable bonds is 4. The number of hydrogen-bond donors (Lipinski definition) is 1. The fourth-order valence-electron chi connectivity index (χ4n) is 7.00. The number of likely N-dealkylation sites (tertiary alicyclic amines) is 1. The molecule has 0 bridgehead atoms.